The molecular weight excluding hydrogens is 446 g/mol. The fourth-order valence-electron chi connectivity index (χ4n) is 3.60. The predicted octanol–water partition coefficient (Wildman–Crippen LogP) is 2.96. The molecule has 1 aromatic carbocycles. The maximum atomic E-state index is 13.7. The summed E-state index contributed by atoms with van der Waals surface area (Å²) in [6, 6.07) is 10.8. The molecule has 170 valence electrons. The highest BCUT2D eigenvalue weighted by atomic mass is 32.2. The van der Waals surface area contributed by atoms with Crippen LogP contribution in [-0.4, -0.2) is 46.4 Å². The molecule has 33 heavy (non-hydrogen) atoms. The normalized spacial score (nSPS) is 12.5. The highest BCUT2D eigenvalue weighted by Gasteiger charge is 2.33. The van der Waals surface area contributed by atoms with Gasteiger partial charge in [-0.2, -0.15) is 5.10 Å². The first-order valence-corrected chi connectivity index (χ1v) is 11.4. The average molecular weight is 468 g/mol. The number of methoxy groups -OCH3 is 1. The van der Waals surface area contributed by atoms with Crippen molar-refractivity contribution in [1.82, 2.24) is 19.7 Å². The minimum absolute atomic E-state index is 0.0246. The van der Waals surface area contributed by atoms with Crippen molar-refractivity contribution in [3.05, 3.63) is 71.8 Å². The predicted molar refractivity (Wildman–Crippen MR) is 121 cm³/mol. The molecular formula is C22H21N5O5S. The summed E-state index contributed by atoms with van der Waals surface area (Å²) in [6.45, 7) is 1.70. The Balaban J connectivity index is 1.93. The number of anilines is 1. The number of hydrogen-bond donors (Lipinski definition) is 2. The third-order valence-electron chi connectivity index (χ3n) is 5.19. The van der Waals surface area contributed by atoms with Crippen molar-refractivity contribution in [2.75, 3.05) is 12.4 Å². The quantitative estimate of drug-likeness (QED) is 0.420. The van der Waals surface area contributed by atoms with Crippen molar-refractivity contribution in [3.63, 3.8) is 0 Å². The lowest BCUT2D eigenvalue weighted by Crippen LogP contribution is -2.24. The number of ether oxygens (including phenoxy) is 1. The van der Waals surface area contributed by atoms with Gasteiger partial charge in [0.25, 0.3) is 0 Å². The third-order valence-corrected chi connectivity index (χ3v) is 7.10. The van der Waals surface area contributed by atoms with Crippen LogP contribution in [0.2, 0.25) is 0 Å². The largest absolute Gasteiger partial charge is 0.497 e. The molecule has 0 bridgehead atoms. The van der Waals surface area contributed by atoms with E-state index in [1.165, 1.54) is 36.3 Å². The number of hydrogen-bond acceptors (Lipinski definition) is 8. The molecule has 10 nitrogen and oxygen atoms in total. The van der Waals surface area contributed by atoms with E-state index in [2.05, 4.69) is 20.4 Å². The summed E-state index contributed by atoms with van der Waals surface area (Å²) in [5, 5.41) is 16.1. The Morgan fingerprint density at radius 3 is 2.48 bits per heavy atom. The summed E-state index contributed by atoms with van der Waals surface area (Å²) in [4.78, 5) is 20.5. The molecule has 0 amide bonds. The minimum atomic E-state index is -4.06. The van der Waals surface area contributed by atoms with Crippen LogP contribution >= 0.6 is 0 Å². The monoisotopic (exact) mass is 467 g/mol. The molecule has 0 aliphatic rings. The number of rotatable bonds is 7. The van der Waals surface area contributed by atoms with Gasteiger partial charge < -0.3 is 15.2 Å². The molecule has 0 fully saturated rings. The van der Waals surface area contributed by atoms with Gasteiger partial charge in [-0.05, 0) is 43.3 Å². The highest BCUT2D eigenvalue weighted by Crippen LogP contribution is 2.35. The smallest absolute Gasteiger partial charge is 0.339 e. The van der Waals surface area contributed by atoms with Crippen LogP contribution in [0.3, 0.4) is 0 Å². The fourth-order valence-corrected chi connectivity index (χ4v) is 5.12. The van der Waals surface area contributed by atoms with Gasteiger partial charge in [-0.3, -0.25) is 9.67 Å². The van der Waals surface area contributed by atoms with Gasteiger partial charge in [0.1, 0.15) is 11.3 Å². The van der Waals surface area contributed by atoms with E-state index in [4.69, 9.17) is 4.74 Å². The number of fused-ring (bicyclic) bond motifs is 1. The lowest BCUT2D eigenvalue weighted by molar-refractivity contribution is 0.0697. The second-order valence-corrected chi connectivity index (χ2v) is 9.29. The fraction of sp³-hybridized carbons (Fsp3) is 0.182. The molecule has 0 radical (unpaired) electrons. The lowest BCUT2D eigenvalue weighted by atomic mass is 10.1. The molecule has 0 saturated heterocycles. The van der Waals surface area contributed by atoms with Gasteiger partial charge in [0, 0.05) is 19.4 Å². The average Bonchev–Trinajstić information content (AvgIpc) is 3.11. The summed E-state index contributed by atoms with van der Waals surface area (Å²) in [5.41, 5.74) is 1.06. The Labute approximate surface area is 189 Å². The van der Waals surface area contributed by atoms with Crippen LogP contribution in [0.25, 0.3) is 11.0 Å². The van der Waals surface area contributed by atoms with Gasteiger partial charge in [-0.1, -0.05) is 6.07 Å². The number of benzene rings is 1. The van der Waals surface area contributed by atoms with Crippen LogP contribution in [0.4, 0.5) is 5.69 Å². The summed E-state index contributed by atoms with van der Waals surface area (Å²) >= 11 is 0. The third kappa shape index (κ3) is 3.98. The molecule has 0 saturated carbocycles. The standard InChI is InChI=1S/C22H21N5O5S/c1-13-18-19(16(22(28)29)12-24-20(18)27(2)26-13)25-21(17-6-4-5-11-23-17)33(30,31)15-9-7-14(32-3)8-10-15/h4-12,21H,1-3H3,(H,24,25)(H,28,29). The topological polar surface area (TPSA) is 136 Å². The second-order valence-electron chi connectivity index (χ2n) is 7.26. The van der Waals surface area contributed by atoms with Gasteiger partial charge in [0.15, 0.2) is 11.0 Å². The maximum absolute atomic E-state index is 13.7. The van der Waals surface area contributed by atoms with Crippen molar-refractivity contribution in [3.8, 4) is 5.75 Å². The Hall–Kier alpha value is -3.99. The van der Waals surface area contributed by atoms with Crippen molar-refractivity contribution >= 4 is 32.5 Å². The number of sulfone groups is 1. The van der Waals surface area contributed by atoms with Crippen LogP contribution < -0.4 is 10.1 Å². The molecule has 3 heterocycles. The Morgan fingerprint density at radius 2 is 1.88 bits per heavy atom. The number of aryl methyl sites for hydroxylation is 2. The SMILES string of the molecule is COc1ccc(S(=O)(=O)C(Nc2c(C(=O)O)cnc3c2c(C)nn3C)c2ccccn2)cc1. The molecule has 0 aliphatic heterocycles. The number of carboxylic acid groups (broad SMARTS) is 1. The van der Waals surface area contributed by atoms with Gasteiger partial charge in [-0.25, -0.2) is 18.2 Å². The molecule has 3 aromatic heterocycles. The van der Waals surface area contributed by atoms with E-state index >= 15 is 0 Å². The second kappa shape index (κ2) is 8.51. The van der Waals surface area contributed by atoms with E-state index < -0.39 is 21.2 Å². The van der Waals surface area contributed by atoms with Crippen LogP contribution in [0.5, 0.6) is 5.75 Å². The summed E-state index contributed by atoms with van der Waals surface area (Å²) in [6.07, 6.45) is 2.66. The van der Waals surface area contributed by atoms with E-state index in [1.807, 2.05) is 0 Å². The summed E-state index contributed by atoms with van der Waals surface area (Å²) in [5.74, 6) is -0.747. The zero-order valence-corrected chi connectivity index (χ0v) is 18.9. The highest BCUT2D eigenvalue weighted by molar-refractivity contribution is 7.91. The number of nitrogens with one attached hydrogen (secondary N) is 1. The van der Waals surface area contributed by atoms with E-state index in [0.717, 1.165) is 0 Å². The van der Waals surface area contributed by atoms with Crippen molar-refractivity contribution < 1.29 is 23.1 Å². The van der Waals surface area contributed by atoms with Gasteiger partial charge >= 0.3 is 5.97 Å². The van der Waals surface area contributed by atoms with Crippen LogP contribution in [-0.2, 0) is 16.9 Å². The van der Waals surface area contributed by atoms with Crippen molar-refractivity contribution in [2.24, 2.45) is 7.05 Å². The number of carbonyl (C=O) groups is 1. The zero-order valence-electron chi connectivity index (χ0n) is 18.1. The first-order chi connectivity index (χ1) is 15.7. The molecule has 0 aliphatic carbocycles. The lowest BCUT2D eigenvalue weighted by Gasteiger charge is -2.22. The number of pyridine rings is 2. The van der Waals surface area contributed by atoms with E-state index in [9.17, 15) is 18.3 Å². The number of aromatic nitrogens is 4. The van der Waals surface area contributed by atoms with Gasteiger partial charge in [0.05, 0.1) is 34.5 Å². The Morgan fingerprint density at radius 1 is 1.15 bits per heavy atom. The molecule has 2 N–H and O–H groups in total. The zero-order chi connectivity index (χ0) is 23.8. The van der Waals surface area contributed by atoms with E-state index in [1.54, 1.807) is 44.3 Å². The number of aromatic carboxylic acids is 1. The first kappa shape index (κ1) is 22.2. The van der Waals surface area contributed by atoms with Crippen LogP contribution in [0.15, 0.2) is 59.8 Å². The summed E-state index contributed by atoms with van der Waals surface area (Å²) in [7, 11) is -0.900. The van der Waals surface area contributed by atoms with E-state index in [-0.39, 0.29) is 21.8 Å². The molecule has 0 spiro atoms. The molecule has 4 aromatic rings. The summed E-state index contributed by atoms with van der Waals surface area (Å²) < 4.78 is 34.1. The van der Waals surface area contributed by atoms with Crippen LogP contribution in [0, 0.1) is 6.92 Å². The number of nitrogens with zero attached hydrogens (tertiary/aromatic N) is 4. The Kier molecular flexibility index (Phi) is 5.73. The first-order valence-electron chi connectivity index (χ1n) is 9.85. The molecule has 11 heteroatoms. The van der Waals surface area contributed by atoms with E-state index in [0.29, 0.717) is 22.5 Å². The Bertz CT molecular complexity index is 1430. The van der Waals surface area contributed by atoms with Crippen molar-refractivity contribution in [2.45, 2.75) is 17.2 Å². The van der Waals surface area contributed by atoms with Crippen molar-refractivity contribution in [1.29, 1.82) is 0 Å². The maximum Gasteiger partial charge on any atom is 0.339 e. The van der Waals surface area contributed by atoms with Crippen LogP contribution in [0.1, 0.15) is 27.1 Å². The molecule has 4 rings (SSSR count). The minimum Gasteiger partial charge on any atom is -0.497 e. The molecule has 1 unspecified atom stereocenters. The van der Waals surface area contributed by atoms with Gasteiger partial charge in [0.2, 0.25) is 9.84 Å². The number of carboxylic acids is 1. The molecule has 1 atom stereocenters. The van der Waals surface area contributed by atoms with Gasteiger partial charge in [-0.15, -0.1) is 0 Å².